The number of amides is 4. The van der Waals surface area contributed by atoms with Crippen LogP contribution in [0.15, 0.2) is 122 Å². The third-order valence-corrected chi connectivity index (χ3v) is 12.4. The number of imidazole rings is 2. The normalized spacial score (nSPS) is 16.9. The predicted molar refractivity (Wildman–Crippen MR) is 234 cm³/mol. The molecule has 314 valence electrons. The molecule has 4 amide bonds. The van der Waals surface area contributed by atoms with Crippen LogP contribution >= 0.6 is 11.3 Å². The summed E-state index contributed by atoms with van der Waals surface area (Å²) < 4.78 is 10.7. The van der Waals surface area contributed by atoms with Gasteiger partial charge >= 0.3 is 12.2 Å². The van der Waals surface area contributed by atoms with Crippen molar-refractivity contribution < 1.29 is 28.7 Å². The summed E-state index contributed by atoms with van der Waals surface area (Å²) in [4.78, 5) is 76.6. The number of thiophene rings is 1. The van der Waals surface area contributed by atoms with Crippen LogP contribution in [0, 0.1) is 0 Å². The van der Waals surface area contributed by atoms with Gasteiger partial charge in [0.05, 0.1) is 59.1 Å². The molecule has 0 bridgehead atoms. The summed E-state index contributed by atoms with van der Waals surface area (Å²) in [5.74, 6) is 0.820. The second-order valence-corrected chi connectivity index (χ2v) is 16.1. The smallest absolute Gasteiger partial charge is 0.407 e. The van der Waals surface area contributed by atoms with Crippen LogP contribution in [0.5, 0.6) is 0 Å². The van der Waals surface area contributed by atoms with E-state index in [0.717, 1.165) is 56.1 Å². The first-order valence-electron chi connectivity index (χ1n) is 20.2. The molecular weight excluding hydrogens is 807 g/mol. The van der Waals surface area contributed by atoms with Gasteiger partial charge in [-0.15, -0.1) is 11.3 Å². The van der Waals surface area contributed by atoms with Crippen LogP contribution in [0.2, 0.25) is 0 Å². The number of carbonyl (C=O) groups is 4. The molecule has 4 atom stereocenters. The van der Waals surface area contributed by atoms with Gasteiger partial charge in [-0.25, -0.2) is 19.6 Å². The quantitative estimate of drug-likeness (QED) is 0.0810. The monoisotopic (exact) mass is 849 g/mol. The maximum atomic E-state index is 13.9. The zero-order valence-electron chi connectivity index (χ0n) is 33.8. The first-order valence-corrected chi connectivity index (χ1v) is 21.0. The van der Waals surface area contributed by atoms with Crippen LogP contribution in [0.1, 0.15) is 59.8 Å². The Hall–Kier alpha value is -7.46. The van der Waals surface area contributed by atoms with Gasteiger partial charge in [0.15, 0.2) is 0 Å². The Morgan fingerprint density at radius 1 is 0.710 bits per heavy atom. The van der Waals surface area contributed by atoms with Crippen LogP contribution in [-0.2, 0) is 19.1 Å². The maximum absolute atomic E-state index is 13.9. The number of likely N-dealkylation sites (tertiary alicyclic amines) is 1. The molecule has 1 saturated heterocycles. The van der Waals surface area contributed by atoms with Crippen molar-refractivity contribution in [1.29, 1.82) is 0 Å². The van der Waals surface area contributed by atoms with Crippen LogP contribution in [-0.4, -0.2) is 86.0 Å². The number of aromatic nitrogens is 5. The van der Waals surface area contributed by atoms with Gasteiger partial charge < -0.3 is 44.9 Å². The van der Waals surface area contributed by atoms with E-state index in [9.17, 15) is 19.2 Å². The lowest BCUT2D eigenvalue weighted by Gasteiger charge is -2.28. The third kappa shape index (κ3) is 7.94. The van der Waals surface area contributed by atoms with Gasteiger partial charge in [-0.1, -0.05) is 97.1 Å². The van der Waals surface area contributed by atoms with Gasteiger partial charge in [0.25, 0.3) is 11.8 Å². The van der Waals surface area contributed by atoms with E-state index >= 15 is 0 Å². The molecule has 3 aromatic carbocycles. The van der Waals surface area contributed by atoms with Crippen molar-refractivity contribution in [2.24, 2.45) is 0 Å². The molecular formula is C46H43N9O6S. The number of nitrogens with zero attached hydrogens (tertiary/aromatic N) is 4. The largest absolute Gasteiger partial charge is 0.453 e. The zero-order valence-corrected chi connectivity index (χ0v) is 34.6. The summed E-state index contributed by atoms with van der Waals surface area (Å²) in [6.07, 6.45) is 7.62. The molecule has 15 nitrogen and oxygen atoms in total. The highest BCUT2D eigenvalue weighted by Crippen LogP contribution is 2.39. The second-order valence-electron chi connectivity index (χ2n) is 15.0. The molecule has 6 heterocycles. The van der Waals surface area contributed by atoms with Crippen molar-refractivity contribution in [3.8, 4) is 33.1 Å². The van der Waals surface area contributed by atoms with Crippen LogP contribution in [0.4, 0.5) is 9.59 Å². The molecule has 0 unspecified atom stereocenters. The van der Waals surface area contributed by atoms with E-state index in [1.807, 2.05) is 79.0 Å². The van der Waals surface area contributed by atoms with E-state index in [1.165, 1.54) is 14.2 Å². The lowest BCUT2D eigenvalue weighted by molar-refractivity contribution is -0.135. The van der Waals surface area contributed by atoms with Crippen molar-refractivity contribution in [3.05, 3.63) is 144 Å². The Morgan fingerprint density at radius 2 is 1.29 bits per heavy atom. The summed E-state index contributed by atoms with van der Waals surface area (Å²) in [7, 11) is 2.55. The second kappa shape index (κ2) is 17.3. The summed E-state index contributed by atoms with van der Waals surface area (Å²) in [6, 6.07) is 28.1. The van der Waals surface area contributed by atoms with Gasteiger partial charge in [-0.05, 0) is 47.2 Å². The summed E-state index contributed by atoms with van der Waals surface area (Å²) in [5.41, 5.74) is 6.92. The Morgan fingerprint density at radius 3 is 1.92 bits per heavy atom. The van der Waals surface area contributed by atoms with Crippen LogP contribution < -0.4 is 10.6 Å². The van der Waals surface area contributed by atoms with Crippen molar-refractivity contribution in [1.82, 2.24) is 45.4 Å². The Labute approximate surface area is 360 Å². The highest BCUT2D eigenvalue weighted by atomic mass is 32.1. The number of hydrogen-bond donors (Lipinski definition) is 5. The molecule has 4 aromatic heterocycles. The van der Waals surface area contributed by atoms with E-state index in [-0.39, 0.29) is 17.9 Å². The molecule has 62 heavy (non-hydrogen) atoms. The van der Waals surface area contributed by atoms with Crippen LogP contribution in [0.25, 0.3) is 43.3 Å². The Balaban J connectivity index is 0.870. The SMILES string of the molecule is COC(=O)N[C@@H](C(=O)N1CC=C[C@H]1c1ncc(-c2ccc(-c3cc4sc(-c5cnc([C@@H]6CCCN6C(=O)[C@H](NC(=O)OC)c6ccccc6)[nH]5)cc4[nH]3)cc2)[nH]1)c1ccccc1. The van der Waals surface area contributed by atoms with E-state index < -0.39 is 30.3 Å². The molecule has 2 aliphatic rings. The number of fused-ring (bicyclic) bond motifs is 1. The Kier molecular flexibility index (Phi) is 11.1. The molecule has 0 radical (unpaired) electrons. The van der Waals surface area contributed by atoms with Crippen molar-refractivity contribution >= 4 is 45.6 Å². The fraction of sp³-hybridized carbons (Fsp3) is 0.217. The highest BCUT2D eigenvalue weighted by molar-refractivity contribution is 7.22. The van der Waals surface area contributed by atoms with E-state index in [4.69, 9.17) is 14.5 Å². The lowest BCUT2D eigenvalue weighted by atomic mass is 10.1. The van der Waals surface area contributed by atoms with Gasteiger partial charge in [-0.3, -0.25) is 9.59 Å². The number of methoxy groups -OCH3 is 2. The average molecular weight is 850 g/mol. The number of H-pyrrole nitrogens is 3. The number of rotatable bonds is 11. The minimum atomic E-state index is -0.924. The fourth-order valence-corrected chi connectivity index (χ4v) is 9.18. The fourth-order valence-electron chi connectivity index (χ4n) is 8.16. The van der Waals surface area contributed by atoms with E-state index in [2.05, 4.69) is 54.8 Å². The minimum absolute atomic E-state index is 0.215. The van der Waals surface area contributed by atoms with Gasteiger partial charge in [0, 0.05) is 18.8 Å². The van der Waals surface area contributed by atoms with Crippen molar-refractivity contribution in [2.75, 3.05) is 27.3 Å². The molecule has 1 fully saturated rings. The number of ether oxygens (including phenoxy) is 2. The summed E-state index contributed by atoms with van der Waals surface area (Å²) in [6.45, 7) is 0.920. The van der Waals surface area contributed by atoms with Crippen LogP contribution in [0.3, 0.4) is 0 Å². The molecule has 0 aliphatic carbocycles. The third-order valence-electron chi connectivity index (χ3n) is 11.3. The molecule has 2 aliphatic heterocycles. The molecule has 7 aromatic rings. The van der Waals surface area contributed by atoms with Crippen molar-refractivity contribution in [3.63, 3.8) is 0 Å². The zero-order chi connectivity index (χ0) is 42.7. The summed E-state index contributed by atoms with van der Waals surface area (Å²) >= 11 is 1.64. The van der Waals surface area contributed by atoms with E-state index in [1.54, 1.807) is 39.5 Å². The number of benzene rings is 3. The van der Waals surface area contributed by atoms with E-state index in [0.29, 0.717) is 35.9 Å². The maximum Gasteiger partial charge on any atom is 0.407 e. The number of alkyl carbamates (subject to hydrolysis) is 2. The predicted octanol–water partition coefficient (Wildman–Crippen LogP) is 7.97. The number of hydrogen-bond acceptors (Lipinski definition) is 9. The molecule has 16 heteroatoms. The van der Waals surface area contributed by atoms with Gasteiger partial charge in [-0.2, -0.15) is 0 Å². The lowest BCUT2D eigenvalue weighted by Crippen LogP contribution is -2.43. The molecule has 9 rings (SSSR count). The first-order chi connectivity index (χ1) is 30.3. The molecule has 0 saturated carbocycles. The standard InChI is InChI=1S/C46H43N9O6S/c1-60-45(58)52-39(29-11-5-3-6-12-29)43(56)54-21-9-15-35(54)41-47-25-33(50-41)28-19-17-27(18-20-28)31-23-37-32(49-31)24-38(62-37)34-26-48-42(51-34)36-16-10-22-55(36)44(57)40(53-46(59)61-2)30-13-7-4-8-14-30/h3-9,11-15,17-20,23-26,35-36,39-40,49H,10,16,21-22H2,1-2H3,(H,47,50)(H,48,51)(H,52,58)(H,53,59)/t35-,36-,39+,40+/m0/s1. The number of carbonyl (C=O) groups excluding carboxylic acids is 4. The number of nitrogens with one attached hydrogen (secondary N) is 5. The topological polar surface area (TPSA) is 190 Å². The van der Waals surface area contributed by atoms with Gasteiger partial charge in [0.2, 0.25) is 0 Å². The molecule has 0 spiro atoms. The highest BCUT2D eigenvalue weighted by Gasteiger charge is 2.38. The number of aromatic amines is 3. The minimum Gasteiger partial charge on any atom is -0.453 e. The van der Waals surface area contributed by atoms with Gasteiger partial charge in [0.1, 0.15) is 29.8 Å². The Bertz CT molecular complexity index is 2730. The first kappa shape index (κ1) is 40.0. The average Bonchev–Trinajstić information content (AvgIpc) is 4.17. The van der Waals surface area contributed by atoms with Crippen molar-refractivity contribution in [2.45, 2.75) is 37.0 Å². The summed E-state index contributed by atoms with van der Waals surface area (Å²) in [5, 5.41) is 5.40. The molecule has 5 N–H and O–H groups in total.